The van der Waals surface area contributed by atoms with Gasteiger partial charge in [-0.2, -0.15) is 0 Å². The molecule has 0 radical (unpaired) electrons. The van der Waals surface area contributed by atoms with Crippen LogP contribution >= 0.6 is 15.9 Å². The first kappa shape index (κ1) is 12.0. The first-order valence-corrected chi connectivity index (χ1v) is 6.02. The number of ether oxygens (including phenoxy) is 2. The summed E-state index contributed by atoms with van der Waals surface area (Å²) in [5.41, 5.74) is 2.29. The van der Waals surface area contributed by atoms with Crippen molar-refractivity contribution in [2.24, 2.45) is 0 Å². The van der Waals surface area contributed by atoms with E-state index < -0.39 is 0 Å². The quantitative estimate of drug-likeness (QED) is 0.847. The summed E-state index contributed by atoms with van der Waals surface area (Å²) in [4.78, 5) is 0. The fourth-order valence-corrected chi connectivity index (χ4v) is 2.17. The molecule has 2 aromatic rings. The van der Waals surface area contributed by atoms with E-state index in [2.05, 4.69) is 15.9 Å². The molecule has 0 aliphatic carbocycles. The molecule has 2 aromatic carbocycles. The molecule has 0 aliphatic rings. The lowest BCUT2D eigenvalue weighted by molar-refractivity contribution is 0.412. The van der Waals surface area contributed by atoms with Crippen molar-refractivity contribution in [3.8, 4) is 22.6 Å². The summed E-state index contributed by atoms with van der Waals surface area (Å²) in [7, 11) is 3.33. The van der Waals surface area contributed by atoms with Crippen molar-refractivity contribution in [3.63, 3.8) is 0 Å². The second kappa shape index (κ2) is 5.23. The zero-order chi connectivity index (χ0) is 12.3. The van der Waals surface area contributed by atoms with Crippen molar-refractivity contribution >= 4 is 15.9 Å². The molecule has 2 rings (SSSR count). The Bertz CT molecular complexity index is 506. The summed E-state index contributed by atoms with van der Waals surface area (Å²) in [6, 6.07) is 14.0. The van der Waals surface area contributed by atoms with E-state index in [4.69, 9.17) is 9.47 Å². The van der Waals surface area contributed by atoms with E-state index in [9.17, 15) is 0 Å². The van der Waals surface area contributed by atoms with Gasteiger partial charge in [-0.1, -0.05) is 18.2 Å². The topological polar surface area (TPSA) is 18.5 Å². The van der Waals surface area contributed by atoms with Gasteiger partial charge >= 0.3 is 0 Å². The number of benzene rings is 2. The van der Waals surface area contributed by atoms with E-state index in [0.29, 0.717) is 0 Å². The number of halogens is 1. The smallest absolute Gasteiger partial charge is 0.133 e. The van der Waals surface area contributed by atoms with Gasteiger partial charge in [0.2, 0.25) is 0 Å². The summed E-state index contributed by atoms with van der Waals surface area (Å²) >= 11 is 3.48. The van der Waals surface area contributed by atoms with E-state index >= 15 is 0 Å². The van der Waals surface area contributed by atoms with Crippen molar-refractivity contribution in [2.45, 2.75) is 0 Å². The predicted octanol–water partition coefficient (Wildman–Crippen LogP) is 4.13. The van der Waals surface area contributed by atoms with Gasteiger partial charge in [-0.05, 0) is 51.3 Å². The maximum absolute atomic E-state index is 5.21. The molecule has 0 saturated carbocycles. The number of hydrogen-bond acceptors (Lipinski definition) is 2. The highest BCUT2D eigenvalue weighted by Crippen LogP contribution is 2.31. The lowest BCUT2D eigenvalue weighted by Gasteiger charge is -2.07. The van der Waals surface area contributed by atoms with E-state index in [1.165, 1.54) is 0 Å². The minimum absolute atomic E-state index is 0.835. The Morgan fingerprint density at radius 2 is 1.47 bits per heavy atom. The standard InChI is InChI=1S/C14H13BrO2/c1-16-12-6-3-10(4-7-12)11-5-8-14(17-2)13(15)9-11/h3-9H,1-2H3. The van der Waals surface area contributed by atoms with Crippen LogP contribution in [-0.2, 0) is 0 Å². The fourth-order valence-electron chi connectivity index (χ4n) is 1.63. The molecule has 0 saturated heterocycles. The van der Waals surface area contributed by atoms with Crippen LogP contribution in [0.3, 0.4) is 0 Å². The van der Waals surface area contributed by atoms with Gasteiger partial charge in [0.1, 0.15) is 11.5 Å². The molecule has 0 heterocycles. The second-order valence-electron chi connectivity index (χ2n) is 3.58. The van der Waals surface area contributed by atoms with Crippen LogP contribution in [0, 0.1) is 0 Å². The van der Waals surface area contributed by atoms with Crippen molar-refractivity contribution in [1.82, 2.24) is 0 Å². The summed E-state index contributed by atoms with van der Waals surface area (Å²) < 4.78 is 11.3. The Morgan fingerprint density at radius 3 is 2.00 bits per heavy atom. The molecule has 3 heteroatoms. The van der Waals surface area contributed by atoms with Crippen molar-refractivity contribution in [1.29, 1.82) is 0 Å². The van der Waals surface area contributed by atoms with Crippen LogP contribution < -0.4 is 9.47 Å². The Labute approximate surface area is 109 Å². The van der Waals surface area contributed by atoms with E-state index in [0.717, 1.165) is 27.1 Å². The average molecular weight is 293 g/mol. The largest absolute Gasteiger partial charge is 0.497 e. The first-order chi connectivity index (χ1) is 8.24. The van der Waals surface area contributed by atoms with E-state index in [-0.39, 0.29) is 0 Å². The molecule has 0 bridgehead atoms. The van der Waals surface area contributed by atoms with Gasteiger partial charge in [-0.3, -0.25) is 0 Å². The van der Waals surface area contributed by atoms with Crippen LogP contribution in [0.1, 0.15) is 0 Å². The summed E-state index contributed by atoms with van der Waals surface area (Å²) in [6.45, 7) is 0. The highest BCUT2D eigenvalue weighted by atomic mass is 79.9. The molecular weight excluding hydrogens is 280 g/mol. The third-order valence-electron chi connectivity index (χ3n) is 2.58. The Morgan fingerprint density at radius 1 is 0.824 bits per heavy atom. The van der Waals surface area contributed by atoms with Crippen LogP contribution in [-0.4, -0.2) is 14.2 Å². The molecule has 0 fully saturated rings. The maximum atomic E-state index is 5.21. The lowest BCUT2D eigenvalue weighted by atomic mass is 10.1. The van der Waals surface area contributed by atoms with Crippen LogP contribution in [0.25, 0.3) is 11.1 Å². The second-order valence-corrected chi connectivity index (χ2v) is 4.43. The monoisotopic (exact) mass is 292 g/mol. The van der Waals surface area contributed by atoms with Crippen molar-refractivity contribution < 1.29 is 9.47 Å². The van der Waals surface area contributed by atoms with Gasteiger partial charge in [-0.25, -0.2) is 0 Å². The van der Waals surface area contributed by atoms with Gasteiger partial charge in [0, 0.05) is 0 Å². The van der Waals surface area contributed by atoms with Crippen molar-refractivity contribution in [3.05, 3.63) is 46.9 Å². The molecular formula is C14H13BrO2. The zero-order valence-corrected chi connectivity index (χ0v) is 11.3. The summed E-state index contributed by atoms with van der Waals surface area (Å²) in [5, 5.41) is 0. The van der Waals surface area contributed by atoms with Crippen LogP contribution in [0.4, 0.5) is 0 Å². The van der Waals surface area contributed by atoms with E-state index in [1.807, 2.05) is 42.5 Å². The minimum Gasteiger partial charge on any atom is -0.497 e. The third-order valence-corrected chi connectivity index (χ3v) is 3.19. The molecule has 0 aromatic heterocycles. The Kier molecular flexibility index (Phi) is 3.69. The normalized spacial score (nSPS) is 10.1. The van der Waals surface area contributed by atoms with E-state index in [1.54, 1.807) is 14.2 Å². The highest BCUT2D eigenvalue weighted by Gasteiger charge is 2.03. The molecule has 0 N–H and O–H groups in total. The number of rotatable bonds is 3. The van der Waals surface area contributed by atoms with Crippen LogP contribution in [0.15, 0.2) is 46.9 Å². The summed E-state index contributed by atoms with van der Waals surface area (Å²) in [5.74, 6) is 1.70. The van der Waals surface area contributed by atoms with Gasteiger partial charge < -0.3 is 9.47 Å². The Hall–Kier alpha value is -1.48. The third kappa shape index (κ3) is 2.61. The van der Waals surface area contributed by atoms with Gasteiger partial charge in [-0.15, -0.1) is 0 Å². The molecule has 0 spiro atoms. The van der Waals surface area contributed by atoms with Crippen LogP contribution in [0.5, 0.6) is 11.5 Å². The molecule has 0 unspecified atom stereocenters. The molecule has 17 heavy (non-hydrogen) atoms. The zero-order valence-electron chi connectivity index (χ0n) is 9.74. The van der Waals surface area contributed by atoms with Gasteiger partial charge in [0.25, 0.3) is 0 Å². The molecule has 0 aliphatic heterocycles. The number of methoxy groups -OCH3 is 2. The first-order valence-electron chi connectivity index (χ1n) is 5.22. The van der Waals surface area contributed by atoms with Gasteiger partial charge in [0.15, 0.2) is 0 Å². The SMILES string of the molecule is COc1ccc(-c2ccc(OC)c(Br)c2)cc1. The molecule has 0 amide bonds. The molecule has 2 nitrogen and oxygen atoms in total. The minimum atomic E-state index is 0.835. The predicted molar refractivity (Wildman–Crippen MR) is 72.7 cm³/mol. The molecule has 88 valence electrons. The number of hydrogen-bond donors (Lipinski definition) is 0. The lowest BCUT2D eigenvalue weighted by Crippen LogP contribution is -1.86. The van der Waals surface area contributed by atoms with Crippen molar-refractivity contribution in [2.75, 3.05) is 14.2 Å². The molecule has 0 atom stereocenters. The average Bonchev–Trinajstić information content (AvgIpc) is 2.39. The maximum Gasteiger partial charge on any atom is 0.133 e. The summed E-state index contributed by atoms with van der Waals surface area (Å²) in [6.07, 6.45) is 0. The Balaban J connectivity index is 2.35. The van der Waals surface area contributed by atoms with Gasteiger partial charge in [0.05, 0.1) is 18.7 Å². The fraction of sp³-hybridized carbons (Fsp3) is 0.143. The van der Waals surface area contributed by atoms with Crippen LogP contribution in [0.2, 0.25) is 0 Å². The highest BCUT2D eigenvalue weighted by molar-refractivity contribution is 9.10.